The number of benzene rings is 2. The summed E-state index contributed by atoms with van der Waals surface area (Å²) in [7, 11) is -1.77. The van der Waals surface area contributed by atoms with Crippen LogP contribution >= 0.6 is 15.9 Å². The molecule has 0 atom stereocenters. The Morgan fingerprint density at radius 2 is 1.86 bits per heavy atom. The summed E-state index contributed by atoms with van der Waals surface area (Å²) in [5.41, 5.74) is 1.95. The van der Waals surface area contributed by atoms with Crippen LogP contribution in [0.5, 0.6) is 0 Å². The Labute approximate surface area is 180 Å². The number of amides is 1. The summed E-state index contributed by atoms with van der Waals surface area (Å²) in [5, 5.41) is 8.12. The maximum Gasteiger partial charge on any atom is 0.256 e. The standard InChI is InChI=1S/C21H26BrN3O3S/c1-25(16-8-3-2-4-9-16)14-15-7-5-6-10-20(15)24-21(26)18-13-17(29(23,27)28)11-12-19(18)22/h5-7,10-13,16H,2-4,8-9,14H2,1H3,(H,24,26)(H2,23,27,28). The molecule has 156 valence electrons. The van der Waals surface area contributed by atoms with Gasteiger partial charge in [0.25, 0.3) is 5.91 Å². The third-order valence-electron chi connectivity index (χ3n) is 5.39. The molecule has 1 fully saturated rings. The molecule has 0 saturated heterocycles. The number of halogens is 1. The first-order valence-corrected chi connectivity index (χ1v) is 12.0. The molecule has 1 aliphatic carbocycles. The van der Waals surface area contributed by atoms with Crippen LogP contribution in [-0.2, 0) is 16.6 Å². The summed E-state index contributed by atoms with van der Waals surface area (Å²) in [6, 6.07) is 12.4. The largest absolute Gasteiger partial charge is 0.322 e. The van der Waals surface area contributed by atoms with Gasteiger partial charge in [0.2, 0.25) is 10.0 Å². The quantitative estimate of drug-likeness (QED) is 0.651. The van der Waals surface area contributed by atoms with Crippen LogP contribution in [-0.4, -0.2) is 32.3 Å². The SMILES string of the molecule is CN(Cc1ccccc1NC(=O)c1cc(S(N)(=O)=O)ccc1Br)C1CCCCC1. The second-order valence-corrected chi connectivity index (χ2v) is 9.92. The number of nitrogens with two attached hydrogens (primary N) is 1. The lowest BCUT2D eigenvalue weighted by molar-refractivity contribution is 0.102. The van der Waals surface area contributed by atoms with Crippen LogP contribution in [0.4, 0.5) is 5.69 Å². The van der Waals surface area contributed by atoms with Crippen molar-refractivity contribution in [3.63, 3.8) is 0 Å². The minimum atomic E-state index is -3.89. The molecule has 1 aliphatic rings. The Morgan fingerprint density at radius 1 is 1.17 bits per heavy atom. The van der Waals surface area contributed by atoms with E-state index in [1.165, 1.54) is 50.3 Å². The Balaban J connectivity index is 1.79. The number of sulfonamides is 1. The van der Waals surface area contributed by atoms with Gasteiger partial charge in [-0.15, -0.1) is 0 Å². The summed E-state index contributed by atoms with van der Waals surface area (Å²) in [6.07, 6.45) is 6.25. The molecule has 1 saturated carbocycles. The molecule has 2 aromatic carbocycles. The summed E-state index contributed by atoms with van der Waals surface area (Å²) in [6.45, 7) is 0.736. The molecule has 0 aromatic heterocycles. The third kappa shape index (κ3) is 5.66. The molecule has 29 heavy (non-hydrogen) atoms. The molecule has 8 heteroatoms. The van der Waals surface area contributed by atoms with Crippen LogP contribution in [0, 0.1) is 0 Å². The van der Waals surface area contributed by atoms with Gasteiger partial charge in [-0.2, -0.15) is 0 Å². The van der Waals surface area contributed by atoms with E-state index in [0.29, 0.717) is 16.2 Å². The Bertz CT molecular complexity index is 988. The van der Waals surface area contributed by atoms with Crippen molar-refractivity contribution >= 4 is 37.5 Å². The summed E-state index contributed by atoms with van der Waals surface area (Å²) in [4.78, 5) is 15.1. The predicted molar refractivity (Wildman–Crippen MR) is 118 cm³/mol. The van der Waals surface area contributed by atoms with Gasteiger partial charge in [-0.05, 0) is 65.6 Å². The highest BCUT2D eigenvalue weighted by Crippen LogP contribution is 2.26. The average Bonchev–Trinajstić information content (AvgIpc) is 2.69. The molecule has 0 spiro atoms. The van der Waals surface area contributed by atoms with E-state index in [2.05, 4.69) is 33.2 Å². The summed E-state index contributed by atoms with van der Waals surface area (Å²) < 4.78 is 23.8. The monoisotopic (exact) mass is 479 g/mol. The second kappa shape index (κ2) is 9.38. The third-order valence-corrected chi connectivity index (χ3v) is 7.00. The summed E-state index contributed by atoms with van der Waals surface area (Å²) in [5.74, 6) is -0.393. The first-order chi connectivity index (χ1) is 13.8. The van der Waals surface area contributed by atoms with E-state index in [1.54, 1.807) is 0 Å². The van der Waals surface area contributed by atoms with Gasteiger partial charge >= 0.3 is 0 Å². The molecular formula is C21H26BrN3O3S. The van der Waals surface area contributed by atoms with Crippen molar-refractivity contribution in [3.05, 3.63) is 58.1 Å². The lowest BCUT2D eigenvalue weighted by Gasteiger charge is -2.31. The van der Waals surface area contributed by atoms with E-state index in [1.807, 2.05) is 24.3 Å². The molecule has 0 aliphatic heterocycles. The van der Waals surface area contributed by atoms with Crippen LogP contribution in [0.25, 0.3) is 0 Å². The van der Waals surface area contributed by atoms with Gasteiger partial charge in [-0.1, -0.05) is 37.5 Å². The van der Waals surface area contributed by atoms with Gasteiger partial charge < -0.3 is 5.32 Å². The number of primary sulfonamides is 1. The molecule has 0 bridgehead atoms. The maximum absolute atomic E-state index is 12.9. The van der Waals surface area contributed by atoms with Gasteiger partial charge in [0.05, 0.1) is 10.5 Å². The Hall–Kier alpha value is -1.74. The molecule has 0 radical (unpaired) electrons. The van der Waals surface area contributed by atoms with Crippen molar-refractivity contribution in [2.75, 3.05) is 12.4 Å². The molecule has 3 rings (SSSR count). The molecule has 6 nitrogen and oxygen atoms in total. The zero-order valence-electron chi connectivity index (χ0n) is 16.4. The maximum atomic E-state index is 12.9. The predicted octanol–water partition coefficient (Wildman–Crippen LogP) is 4.11. The van der Waals surface area contributed by atoms with E-state index in [-0.39, 0.29) is 10.5 Å². The fourth-order valence-electron chi connectivity index (χ4n) is 3.74. The van der Waals surface area contributed by atoms with E-state index in [0.717, 1.165) is 12.1 Å². The molecule has 0 unspecified atom stereocenters. The van der Waals surface area contributed by atoms with E-state index < -0.39 is 15.9 Å². The molecule has 1 amide bonds. The number of hydrogen-bond acceptors (Lipinski definition) is 4. The minimum Gasteiger partial charge on any atom is -0.322 e. The van der Waals surface area contributed by atoms with Crippen molar-refractivity contribution in [1.82, 2.24) is 4.90 Å². The lowest BCUT2D eigenvalue weighted by Crippen LogP contribution is -2.33. The van der Waals surface area contributed by atoms with Crippen LogP contribution in [0.3, 0.4) is 0 Å². The van der Waals surface area contributed by atoms with E-state index in [4.69, 9.17) is 5.14 Å². The van der Waals surface area contributed by atoms with Gasteiger partial charge in [0.1, 0.15) is 0 Å². The zero-order valence-corrected chi connectivity index (χ0v) is 18.8. The highest BCUT2D eigenvalue weighted by atomic mass is 79.9. The normalized spacial score (nSPS) is 15.4. The van der Waals surface area contributed by atoms with E-state index >= 15 is 0 Å². The first-order valence-electron chi connectivity index (χ1n) is 9.67. The number of nitrogens with zero attached hydrogens (tertiary/aromatic N) is 1. The number of hydrogen-bond donors (Lipinski definition) is 2. The molecular weight excluding hydrogens is 454 g/mol. The van der Waals surface area contributed by atoms with Crippen molar-refractivity contribution in [3.8, 4) is 0 Å². The van der Waals surface area contributed by atoms with Crippen LogP contribution in [0.2, 0.25) is 0 Å². The number of rotatable bonds is 6. The first kappa shape index (κ1) is 22.0. The Kier molecular flexibility index (Phi) is 7.10. The fraction of sp³-hybridized carbons (Fsp3) is 0.381. The molecule has 3 N–H and O–H groups in total. The van der Waals surface area contributed by atoms with Crippen molar-refractivity contribution in [2.24, 2.45) is 5.14 Å². The topological polar surface area (TPSA) is 92.5 Å². The smallest absolute Gasteiger partial charge is 0.256 e. The van der Waals surface area contributed by atoms with Crippen LogP contribution in [0.15, 0.2) is 51.8 Å². The zero-order chi connectivity index (χ0) is 21.0. The number of nitrogens with one attached hydrogen (secondary N) is 1. The lowest BCUT2D eigenvalue weighted by atomic mass is 9.94. The van der Waals surface area contributed by atoms with E-state index in [9.17, 15) is 13.2 Å². The van der Waals surface area contributed by atoms with Crippen molar-refractivity contribution < 1.29 is 13.2 Å². The number of carbonyl (C=O) groups excluding carboxylic acids is 1. The average molecular weight is 480 g/mol. The fourth-order valence-corrected chi connectivity index (χ4v) is 4.71. The molecule has 2 aromatic rings. The summed E-state index contributed by atoms with van der Waals surface area (Å²) >= 11 is 3.32. The van der Waals surface area contributed by atoms with Crippen LogP contribution in [0.1, 0.15) is 48.0 Å². The van der Waals surface area contributed by atoms with Crippen molar-refractivity contribution in [2.45, 2.75) is 49.6 Å². The van der Waals surface area contributed by atoms with Gasteiger partial charge in [-0.3, -0.25) is 9.69 Å². The number of para-hydroxylation sites is 1. The number of carbonyl (C=O) groups is 1. The molecule has 0 heterocycles. The van der Waals surface area contributed by atoms with Crippen molar-refractivity contribution in [1.29, 1.82) is 0 Å². The highest BCUT2D eigenvalue weighted by molar-refractivity contribution is 9.10. The van der Waals surface area contributed by atoms with Gasteiger partial charge in [-0.25, -0.2) is 13.6 Å². The Morgan fingerprint density at radius 3 is 2.55 bits per heavy atom. The minimum absolute atomic E-state index is 0.101. The second-order valence-electron chi connectivity index (χ2n) is 7.50. The highest BCUT2D eigenvalue weighted by Gasteiger charge is 2.20. The van der Waals surface area contributed by atoms with Crippen LogP contribution < -0.4 is 10.5 Å². The van der Waals surface area contributed by atoms with Gasteiger partial charge in [0, 0.05) is 22.7 Å². The van der Waals surface area contributed by atoms with Gasteiger partial charge in [0.15, 0.2) is 0 Å². The number of anilines is 1.